The van der Waals surface area contributed by atoms with Gasteiger partial charge in [0.2, 0.25) is 11.8 Å². The zero-order valence-corrected chi connectivity index (χ0v) is 15.0. The van der Waals surface area contributed by atoms with Gasteiger partial charge in [0.05, 0.1) is 16.6 Å². The van der Waals surface area contributed by atoms with Crippen LogP contribution in [-0.2, 0) is 9.59 Å². The lowest BCUT2D eigenvalue weighted by Gasteiger charge is -2.23. The van der Waals surface area contributed by atoms with Crippen molar-refractivity contribution in [3.63, 3.8) is 0 Å². The zero-order chi connectivity index (χ0) is 20.0. The van der Waals surface area contributed by atoms with E-state index in [2.05, 4.69) is 5.32 Å². The van der Waals surface area contributed by atoms with Crippen LogP contribution in [0, 0.1) is 11.3 Å². The van der Waals surface area contributed by atoms with Gasteiger partial charge in [-0.25, -0.2) is 0 Å². The number of rotatable bonds is 6. The van der Waals surface area contributed by atoms with Gasteiger partial charge in [-0.3, -0.25) is 14.5 Å². The summed E-state index contributed by atoms with van der Waals surface area (Å²) in [6.07, 6.45) is -3.25. The molecular weight excluding hydrogens is 385 g/mol. The normalized spacial score (nSPS) is 17.4. The number of alkyl halides is 3. The minimum Gasteiger partial charge on any atom is -0.346 e. The minimum absolute atomic E-state index is 0.0701. The van der Waals surface area contributed by atoms with E-state index in [1.807, 2.05) is 11.4 Å². The van der Waals surface area contributed by atoms with Crippen molar-refractivity contribution in [3.05, 3.63) is 28.8 Å². The van der Waals surface area contributed by atoms with Gasteiger partial charge in [0.25, 0.3) is 0 Å². The van der Waals surface area contributed by atoms with Crippen LogP contribution in [0.5, 0.6) is 0 Å². The van der Waals surface area contributed by atoms with Crippen molar-refractivity contribution in [2.75, 3.05) is 25.0 Å². The average molecular weight is 403 g/mol. The minimum atomic E-state index is -4.46. The van der Waals surface area contributed by atoms with E-state index in [1.165, 1.54) is 12.1 Å². The first-order valence-electron chi connectivity index (χ1n) is 8.27. The maximum Gasteiger partial charge on any atom is 0.405 e. The number of carbonyl (C=O) groups excluding carboxylic acids is 2. The fraction of sp³-hybridized carbons (Fsp3) is 0.471. The van der Waals surface area contributed by atoms with Gasteiger partial charge >= 0.3 is 6.18 Å². The first-order valence-corrected chi connectivity index (χ1v) is 8.65. The lowest BCUT2D eigenvalue weighted by atomic mass is 10.2. The first kappa shape index (κ1) is 21.0. The van der Waals surface area contributed by atoms with E-state index in [4.69, 9.17) is 16.9 Å². The number of hydrogen-bond acceptors (Lipinski definition) is 4. The summed E-state index contributed by atoms with van der Waals surface area (Å²) in [5.74, 6) is -0.999. The summed E-state index contributed by atoms with van der Waals surface area (Å²) in [7, 11) is 0. The van der Waals surface area contributed by atoms with Gasteiger partial charge in [0.1, 0.15) is 12.6 Å². The zero-order valence-electron chi connectivity index (χ0n) is 14.3. The molecule has 0 saturated carbocycles. The number of halogens is 4. The van der Waals surface area contributed by atoms with Gasteiger partial charge < -0.3 is 10.6 Å². The van der Waals surface area contributed by atoms with Crippen molar-refractivity contribution in [2.45, 2.75) is 31.5 Å². The SMILES string of the molecule is N#Cc1ccc(NC(=O)CCN2CCCC2C(=O)NCC(F)(F)F)cc1Cl. The van der Waals surface area contributed by atoms with Crippen LogP contribution in [0.15, 0.2) is 18.2 Å². The molecule has 10 heteroatoms. The Morgan fingerprint density at radius 1 is 1.37 bits per heavy atom. The molecular formula is C17H18ClF3N4O2. The van der Waals surface area contributed by atoms with Crippen molar-refractivity contribution in [1.82, 2.24) is 10.2 Å². The van der Waals surface area contributed by atoms with Crippen LogP contribution in [0.4, 0.5) is 18.9 Å². The summed E-state index contributed by atoms with van der Waals surface area (Å²) in [6.45, 7) is -0.573. The van der Waals surface area contributed by atoms with E-state index < -0.39 is 24.7 Å². The van der Waals surface area contributed by atoms with Gasteiger partial charge in [0, 0.05) is 18.7 Å². The summed E-state index contributed by atoms with van der Waals surface area (Å²) in [4.78, 5) is 25.7. The highest BCUT2D eigenvalue weighted by Gasteiger charge is 2.34. The van der Waals surface area contributed by atoms with Crippen LogP contribution in [0.25, 0.3) is 0 Å². The molecule has 0 radical (unpaired) electrons. The lowest BCUT2D eigenvalue weighted by molar-refractivity contribution is -0.141. The second-order valence-corrected chi connectivity index (χ2v) is 6.54. The van der Waals surface area contributed by atoms with E-state index in [0.717, 1.165) is 0 Å². The molecule has 0 aliphatic carbocycles. The molecule has 146 valence electrons. The largest absolute Gasteiger partial charge is 0.405 e. The van der Waals surface area contributed by atoms with Crippen LogP contribution in [0.1, 0.15) is 24.8 Å². The molecule has 2 N–H and O–H groups in total. The highest BCUT2D eigenvalue weighted by molar-refractivity contribution is 6.32. The third kappa shape index (κ3) is 6.41. The number of benzene rings is 1. The van der Waals surface area contributed by atoms with Crippen LogP contribution in [-0.4, -0.2) is 48.6 Å². The number of carbonyl (C=O) groups is 2. The fourth-order valence-corrected chi connectivity index (χ4v) is 3.07. The molecule has 1 aliphatic heterocycles. The summed E-state index contributed by atoms with van der Waals surface area (Å²) < 4.78 is 36.7. The number of nitrogens with zero attached hydrogens (tertiary/aromatic N) is 2. The van der Waals surface area contributed by atoms with Crippen molar-refractivity contribution in [1.29, 1.82) is 5.26 Å². The quantitative estimate of drug-likeness (QED) is 0.766. The molecule has 6 nitrogen and oxygen atoms in total. The maximum atomic E-state index is 12.2. The highest BCUT2D eigenvalue weighted by atomic mass is 35.5. The first-order chi connectivity index (χ1) is 12.7. The van der Waals surface area contributed by atoms with Crippen LogP contribution in [0.3, 0.4) is 0 Å². The van der Waals surface area contributed by atoms with Crippen LogP contribution >= 0.6 is 11.6 Å². The van der Waals surface area contributed by atoms with Gasteiger partial charge in [-0.1, -0.05) is 11.6 Å². The maximum absolute atomic E-state index is 12.2. The molecule has 2 amide bonds. The van der Waals surface area contributed by atoms with E-state index in [-0.39, 0.29) is 23.9 Å². The monoisotopic (exact) mass is 402 g/mol. The van der Waals surface area contributed by atoms with E-state index >= 15 is 0 Å². The Morgan fingerprint density at radius 2 is 2.11 bits per heavy atom. The highest BCUT2D eigenvalue weighted by Crippen LogP contribution is 2.21. The predicted molar refractivity (Wildman–Crippen MR) is 93.1 cm³/mol. The van der Waals surface area contributed by atoms with Gasteiger partial charge in [-0.15, -0.1) is 0 Å². The number of nitrogens with one attached hydrogen (secondary N) is 2. The summed E-state index contributed by atoms with van der Waals surface area (Å²) in [5, 5.41) is 13.6. The van der Waals surface area contributed by atoms with Crippen LogP contribution in [0.2, 0.25) is 5.02 Å². The predicted octanol–water partition coefficient (Wildman–Crippen LogP) is 2.68. The van der Waals surface area contributed by atoms with Crippen molar-refractivity contribution < 1.29 is 22.8 Å². The summed E-state index contributed by atoms with van der Waals surface area (Å²) in [5.41, 5.74) is 0.726. The fourth-order valence-electron chi connectivity index (χ4n) is 2.85. The lowest BCUT2D eigenvalue weighted by Crippen LogP contribution is -2.46. The molecule has 0 aromatic heterocycles. The van der Waals surface area contributed by atoms with Crippen molar-refractivity contribution >= 4 is 29.1 Å². The van der Waals surface area contributed by atoms with E-state index in [0.29, 0.717) is 30.6 Å². The molecule has 27 heavy (non-hydrogen) atoms. The second kappa shape index (κ2) is 9.06. The third-order valence-electron chi connectivity index (χ3n) is 4.13. The molecule has 2 rings (SSSR count). The number of likely N-dealkylation sites (tertiary alicyclic amines) is 1. The molecule has 1 unspecified atom stereocenters. The Balaban J connectivity index is 1.84. The molecule has 1 aliphatic rings. The molecule has 0 bridgehead atoms. The average Bonchev–Trinajstić information content (AvgIpc) is 3.06. The Morgan fingerprint density at radius 3 is 2.74 bits per heavy atom. The molecule has 1 saturated heterocycles. The smallest absolute Gasteiger partial charge is 0.346 e. The summed E-state index contributed by atoms with van der Waals surface area (Å²) in [6, 6.07) is 5.74. The number of amides is 2. The number of nitriles is 1. The Kier molecular flexibility index (Phi) is 7.05. The van der Waals surface area contributed by atoms with E-state index in [1.54, 1.807) is 11.0 Å². The molecule has 1 aromatic carbocycles. The molecule has 1 atom stereocenters. The molecule has 1 fully saturated rings. The third-order valence-corrected chi connectivity index (χ3v) is 4.44. The molecule has 1 aromatic rings. The molecule has 1 heterocycles. The van der Waals surface area contributed by atoms with E-state index in [9.17, 15) is 22.8 Å². The Bertz CT molecular complexity index is 749. The topological polar surface area (TPSA) is 85.2 Å². The molecule has 0 spiro atoms. The van der Waals surface area contributed by atoms with Crippen molar-refractivity contribution in [3.8, 4) is 6.07 Å². The van der Waals surface area contributed by atoms with Gasteiger partial charge in [0.15, 0.2) is 0 Å². The van der Waals surface area contributed by atoms with Gasteiger partial charge in [-0.2, -0.15) is 18.4 Å². The number of anilines is 1. The van der Waals surface area contributed by atoms with Crippen LogP contribution < -0.4 is 10.6 Å². The standard InChI is InChI=1S/C17H18ClF3N4O2/c18-13-8-12(4-3-11(13)9-22)24-15(26)5-7-25-6-1-2-14(25)16(27)23-10-17(19,20)21/h3-4,8,14H,1-2,5-7,10H2,(H,23,27)(H,24,26). The summed E-state index contributed by atoms with van der Waals surface area (Å²) >= 11 is 5.90. The van der Waals surface area contributed by atoms with Crippen molar-refractivity contribution in [2.24, 2.45) is 0 Å². The second-order valence-electron chi connectivity index (χ2n) is 6.13. The van der Waals surface area contributed by atoms with Gasteiger partial charge in [-0.05, 0) is 37.6 Å². The number of hydrogen-bond donors (Lipinski definition) is 2. The Labute approximate surface area is 159 Å². The Hall–Kier alpha value is -2.31.